The molecule has 1 unspecified atom stereocenters. The van der Waals surface area contributed by atoms with Crippen LogP contribution in [0.25, 0.3) is 0 Å². The van der Waals surface area contributed by atoms with Crippen LogP contribution in [0.15, 0.2) is 24.3 Å². The van der Waals surface area contributed by atoms with Gasteiger partial charge in [0.25, 0.3) is 5.91 Å². The number of nitriles is 1. The molecule has 4 heteroatoms. The highest BCUT2D eigenvalue weighted by Gasteiger charge is 2.31. The van der Waals surface area contributed by atoms with E-state index >= 15 is 0 Å². The topological polar surface area (TPSA) is 64.3 Å². The molecule has 1 amide bonds. The Morgan fingerprint density at radius 1 is 1.50 bits per heavy atom. The number of nitrogens with zero attached hydrogens (tertiary/aromatic N) is 2. The van der Waals surface area contributed by atoms with E-state index in [9.17, 15) is 10.0 Å². The highest BCUT2D eigenvalue weighted by atomic mass is 16.5. The second kappa shape index (κ2) is 3.13. The number of hydrogen-bond acceptors (Lipinski definition) is 3. The number of benzene rings is 1. The van der Waals surface area contributed by atoms with Gasteiger partial charge in [0.15, 0.2) is 0 Å². The third-order valence-electron chi connectivity index (χ3n) is 2.31. The molecule has 4 nitrogen and oxygen atoms in total. The van der Waals surface area contributed by atoms with E-state index in [1.807, 2.05) is 12.1 Å². The maximum Gasteiger partial charge on any atom is 0.268 e. The van der Waals surface area contributed by atoms with Gasteiger partial charge in [0.05, 0.1) is 11.8 Å². The lowest BCUT2D eigenvalue weighted by Crippen LogP contribution is -2.38. The molecule has 1 N–H and O–H groups in total. The Balaban J connectivity index is 2.49. The molecule has 0 radical (unpaired) electrons. The van der Waals surface area contributed by atoms with Crippen LogP contribution in [-0.2, 0) is 11.2 Å². The first-order chi connectivity index (χ1) is 6.74. The maximum atomic E-state index is 11.4. The van der Waals surface area contributed by atoms with Gasteiger partial charge in [-0.3, -0.25) is 10.0 Å². The summed E-state index contributed by atoms with van der Waals surface area (Å²) in [6.07, 6.45) is 0.378. The van der Waals surface area contributed by atoms with Crippen molar-refractivity contribution in [3.05, 3.63) is 29.8 Å². The number of para-hydroxylation sites is 1. The molecule has 0 spiro atoms. The lowest BCUT2D eigenvalue weighted by Gasteiger charge is -2.25. The normalized spacial score (nSPS) is 20.1. The van der Waals surface area contributed by atoms with Gasteiger partial charge in [0, 0.05) is 0 Å². The summed E-state index contributed by atoms with van der Waals surface area (Å²) in [4.78, 5) is 11.4. The van der Waals surface area contributed by atoms with E-state index in [0.29, 0.717) is 17.2 Å². The summed E-state index contributed by atoms with van der Waals surface area (Å²) in [6, 6.07) is 8.88. The van der Waals surface area contributed by atoms with Crippen LogP contribution in [0, 0.1) is 17.2 Å². The van der Waals surface area contributed by atoms with Gasteiger partial charge in [0.1, 0.15) is 5.92 Å². The lowest BCUT2D eigenvalue weighted by molar-refractivity contribution is -0.126. The molecule has 0 aromatic heterocycles. The minimum absolute atomic E-state index is 0.378. The van der Waals surface area contributed by atoms with Crippen molar-refractivity contribution in [2.24, 2.45) is 5.92 Å². The Morgan fingerprint density at radius 2 is 2.21 bits per heavy atom. The molecular weight excluding hydrogens is 180 g/mol. The molecule has 70 valence electrons. The maximum absolute atomic E-state index is 11.4. The van der Waals surface area contributed by atoms with Gasteiger partial charge < -0.3 is 0 Å². The van der Waals surface area contributed by atoms with Crippen LogP contribution in [0.1, 0.15) is 5.56 Å². The largest absolute Gasteiger partial charge is 0.281 e. The summed E-state index contributed by atoms with van der Waals surface area (Å²) < 4.78 is 0. The van der Waals surface area contributed by atoms with Gasteiger partial charge >= 0.3 is 0 Å². The summed E-state index contributed by atoms with van der Waals surface area (Å²) in [5.74, 6) is -1.32. The Morgan fingerprint density at radius 3 is 2.93 bits per heavy atom. The molecule has 1 aromatic rings. The van der Waals surface area contributed by atoms with Gasteiger partial charge in [-0.25, -0.2) is 0 Å². The third-order valence-corrected chi connectivity index (χ3v) is 2.31. The van der Waals surface area contributed by atoms with Crippen molar-refractivity contribution in [3.63, 3.8) is 0 Å². The zero-order chi connectivity index (χ0) is 10.1. The highest BCUT2D eigenvalue weighted by Crippen LogP contribution is 2.28. The van der Waals surface area contributed by atoms with E-state index in [0.717, 1.165) is 5.56 Å². The van der Waals surface area contributed by atoms with Crippen LogP contribution in [0.3, 0.4) is 0 Å². The quantitative estimate of drug-likeness (QED) is 0.620. The van der Waals surface area contributed by atoms with E-state index in [2.05, 4.69) is 0 Å². The van der Waals surface area contributed by atoms with Gasteiger partial charge in [0.2, 0.25) is 0 Å². The van der Waals surface area contributed by atoms with E-state index in [1.54, 1.807) is 18.2 Å². The molecule has 1 aliphatic heterocycles. The Kier molecular flexibility index (Phi) is 1.95. The van der Waals surface area contributed by atoms with E-state index in [4.69, 9.17) is 5.26 Å². The molecule has 0 fully saturated rings. The predicted octanol–water partition coefficient (Wildman–Crippen LogP) is 1.10. The van der Waals surface area contributed by atoms with Crippen molar-refractivity contribution in [1.29, 1.82) is 5.26 Å². The number of rotatable bonds is 0. The Hall–Kier alpha value is -1.86. The molecule has 0 saturated carbocycles. The SMILES string of the molecule is N#CC1Cc2ccccc2N(O)C1=O. The first-order valence-corrected chi connectivity index (χ1v) is 4.24. The first kappa shape index (κ1) is 8.73. The molecule has 1 aliphatic rings. The molecular formula is C10H8N2O2. The van der Waals surface area contributed by atoms with Crippen LogP contribution < -0.4 is 5.06 Å². The average Bonchev–Trinajstić information content (AvgIpc) is 2.23. The van der Waals surface area contributed by atoms with Crippen LogP contribution in [0.5, 0.6) is 0 Å². The number of carbonyl (C=O) groups excluding carboxylic acids is 1. The molecule has 1 atom stereocenters. The highest BCUT2D eigenvalue weighted by molar-refractivity contribution is 5.97. The number of hydrogen-bond donors (Lipinski definition) is 1. The average molecular weight is 188 g/mol. The molecule has 1 heterocycles. The van der Waals surface area contributed by atoms with Crippen LogP contribution in [-0.4, -0.2) is 11.1 Å². The monoisotopic (exact) mass is 188 g/mol. The third kappa shape index (κ3) is 1.15. The minimum Gasteiger partial charge on any atom is -0.281 e. The smallest absolute Gasteiger partial charge is 0.268 e. The van der Waals surface area contributed by atoms with Crippen LogP contribution >= 0.6 is 0 Å². The first-order valence-electron chi connectivity index (χ1n) is 4.24. The fourth-order valence-corrected chi connectivity index (χ4v) is 1.56. The zero-order valence-electron chi connectivity index (χ0n) is 7.34. The van der Waals surface area contributed by atoms with Crippen LogP contribution in [0.2, 0.25) is 0 Å². The molecule has 1 aromatic carbocycles. The van der Waals surface area contributed by atoms with Gasteiger partial charge in [-0.15, -0.1) is 0 Å². The number of fused-ring (bicyclic) bond motifs is 1. The molecule has 2 rings (SSSR count). The Labute approximate surface area is 80.9 Å². The second-order valence-electron chi connectivity index (χ2n) is 3.16. The van der Waals surface area contributed by atoms with Gasteiger partial charge in [-0.05, 0) is 18.1 Å². The zero-order valence-corrected chi connectivity index (χ0v) is 7.34. The summed E-state index contributed by atoms with van der Waals surface area (Å²) in [6.45, 7) is 0. The minimum atomic E-state index is -0.769. The van der Waals surface area contributed by atoms with Crippen molar-refractivity contribution >= 4 is 11.6 Å². The van der Waals surface area contributed by atoms with E-state index in [1.165, 1.54) is 0 Å². The fraction of sp³-hybridized carbons (Fsp3) is 0.200. The summed E-state index contributed by atoms with van der Waals surface area (Å²) >= 11 is 0. The van der Waals surface area contributed by atoms with Crippen molar-refractivity contribution in [1.82, 2.24) is 0 Å². The van der Waals surface area contributed by atoms with Crippen molar-refractivity contribution < 1.29 is 10.0 Å². The molecule has 14 heavy (non-hydrogen) atoms. The van der Waals surface area contributed by atoms with E-state index in [-0.39, 0.29) is 0 Å². The molecule has 0 saturated heterocycles. The summed E-state index contributed by atoms with van der Waals surface area (Å²) in [7, 11) is 0. The number of anilines is 1. The lowest BCUT2D eigenvalue weighted by atomic mass is 9.94. The summed E-state index contributed by atoms with van der Waals surface area (Å²) in [5, 5.41) is 18.7. The summed E-state index contributed by atoms with van der Waals surface area (Å²) in [5.41, 5.74) is 1.30. The number of carbonyl (C=O) groups is 1. The fourth-order valence-electron chi connectivity index (χ4n) is 1.56. The van der Waals surface area contributed by atoms with E-state index < -0.39 is 11.8 Å². The van der Waals surface area contributed by atoms with Crippen molar-refractivity contribution in [2.45, 2.75) is 6.42 Å². The van der Waals surface area contributed by atoms with Crippen LogP contribution in [0.4, 0.5) is 5.69 Å². The molecule has 0 aliphatic carbocycles. The van der Waals surface area contributed by atoms with Crippen molar-refractivity contribution in [3.8, 4) is 6.07 Å². The molecule has 0 bridgehead atoms. The Bertz CT molecular complexity index is 422. The number of amides is 1. The van der Waals surface area contributed by atoms with Gasteiger partial charge in [-0.2, -0.15) is 10.3 Å². The predicted molar refractivity (Wildman–Crippen MR) is 48.5 cm³/mol. The number of hydroxylamine groups is 1. The standard InChI is InChI=1S/C10H8N2O2/c11-6-8-5-7-3-1-2-4-9(7)12(14)10(8)13/h1-4,8,14H,5H2. The second-order valence-corrected chi connectivity index (χ2v) is 3.16. The van der Waals surface area contributed by atoms with Gasteiger partial charge in [-0.1, -0.05) is 18.2 Å². The van der Waals surface area contributed by atoms with Crippen molar-refractivity contribution in [2.75, 3.05) is 5.06 Å².